The first-order valence-corrected chi connectivity index (χ1v) is 15.1. The maximum Gasteiger partial charge on any atom is 0.134 e. The quantitative estimate of drug-likeness (QED) is 0.234. The molecule has 4 nitrogen and oxygen atoms in total. The Hall–Kier alpha value is -3.86. The van der Waals surface area contributed by atoms with Gasteiger partial charge in [0, 0.05) is 62.9 Å². The van der Waals surface area contributed by atoms with Crippen LogP contribution in [0.2, 0.25) is 0 Å². The summed E-state index contributed by atoms with van der Waals surface area (Å²) >= 11 is 0. The van der Waals surface area contributed by atoms with Crippen LogP contribution >= 0.6 is 0 Å². The molecule has 0 saturated carbocycles. The van der Waals surface area contributed by atoms with Gasteiger partial charge in [0.05, 0.1) is 0 Å². The van der Waals surface area contributed by atoms with E-state index in [0.29, 0.717) is 23.4 Å². The molecule has 0 unspecified atom stereocenters. The Balaban J connectivity index is 0.000000168. The Morgan fingerprint density at radius 1 is 0.500 bits per heavy atom. The second-order valence-corrected chi connectivity index (χ2v) is 11.8. The Bertz CT molecular complexity index is 1300. The summed E-state index contributed by atoms with van der Waals surface area (Å²) in [7, 11) is 0. The van der Waals surface area contributed by atoms with Crippen molar-refractivity contribution in [2.45, 2.75) is 38.8 Å². The standard InChI is InChI=1S/2C19H21NO/c2*1-15(21)18-13-20(12-16-8-4-2-5-9-16)14-19(18)17-10-6-3-7-11-17/h2*2-11,18-19H,12-14H2,1H3/t2*18-,19-/m10/s1. The smallest absolute Gasteiger partial charge is 0.134 e. The van der Waals surface area contributed by atoms with Crippen LogP contribution < -0.4 is 0 Å². The predicted octanol–water partition coefficient (Wildman–Crippen LogP) is 6.98. The van der Waals surface area contributed by atoms with E-state index in [9.17, 15) is 9.59 Å². The molecule has 2 saturated heterocycles. The molecule has 0 amide bonds. The van der Waals surface area contributed by atoms with Crippen molar-refractivity contribution in [3.05, 3.63) is 144 Å². The number of hydrogen-bond donors (Lipinski definition) is 0. The number of likely N-dealkylation sites (tertiary alicyclic amines) is 2. The lowest BCUT2D eigenvalue weighted by Crippen LogP contribution is -2.22. The third-order valence-electron chi connectivity index (χ3n) is 8.79. The van der Waals surface area contributed by atoms with Crippen LogP contribution in [0.1, 0.15) is 47.9 Å². The molecule has 4 atom stereocenters. The molecular formula is C38H42N2O2. The van der Waals surface area contributed by atoms with Crippen molar-refractivity contribution in [3.8, 4) is 0 Å². The highest BCUT2D eigenvalue weighted by molar-refractivity contribution is 5.80. The zero-order valence-corrected chi connectivity index (χ0v) is 24.8. The van der Waals surface area contributed by atoms with E-state index in [4.69, 9.17) is 0 Å². The van der Waals surface area contributed by atoms with E-state index < -0.39 is 0 Å². The van der Waals surface area contributed by atoms with Gasteiger partial charge < -0.3 is 0 Å². The molecule has 42 heavy (non-hydrogen) atoms. The van der Waals surface area contributed by atoms with E-state index in [1.54, 1.807) is 13.8 Å². The molecule has 0 aliphatic carbocycles. The van der Waals surface area contributed by atoms with Crippen molar-refractivity contribution in [3.63, 3.8) is 0 Å². The third-order valence-corrected chi connectivity index (χ3v) is 8.79. The molecule has 4 heteroatoms. The normalized spacial score (nSPS) is 22.3. The van der Waals surface area contributed by atoms with Crippen molar-refractivity contribution in [2.75, 3.05) is 26.2 Å². The lowest BCUT2D eigenvalue weighted by Gasteiger charge is -2.16. The molecule has 2 aliphatic rings. The zero-order valence-electron chi connectivity index (χ0n) is 24.8. The summed E-state index contributed by atoms with van der Waals surface area (Å²) in [6.45, 7) is 8.96. The molecule has 0 radical (unpaired) electrons. The van der Waals surface area contributed by atoms with Crippen molar-refractivity contribution in [1.29, 1.82) is 0 Å². The van der Waals surface area contributed by atoms with Crippen LogP contribution in [-0.4, -0.2) is 47.5 Å². The highest BCUT2D eigenvalue weighted by Crippen LogP contribution is 2.35. The lowest BCUT2D eigenvalue weighted by molar-refractivity contribution is -0.121. The van der Waals surface area contributed by atoms with Crippen LogP contribution in [0, 0.1) is 11.8 Å². The minimum Gasteiger partial charge on any atom is -0.300 e. The number of ketones is 2. The van der Waals surface area contributed by atoms with Gasteiger partial charge in [-0.25, -0.2) is 0 Å². The highest BCUT2D eigenvalue weighted by Gasteiger charge is 2.37. The summed E-state index contributed by atoms with van der Waals surface area (Å²) in [4.78, 5) is 28.8. The second kappa shape index (κ2) is 14.4. The average Bonchev–Trinajstić information content (AvgIpc) is 3.65. The van der Waals surface area contributed by atoms with Gasteiger partial charge in [0.2, 0.25) is 0 Å². The monoisotopic (exact) mass is 558 g/mol. The van der Waals surface area contributed by atoms with E-state index in [1.807, 2.05) is 24.3 Å². The number of Topliss-reactive ketones (excluding diaryl/α,β-unsaturated/α-hetero) is 2. The first-order chi connectivity index (χ1) is 20.5. The van der Waals surface area contributed by atoms with Gasteiger partial charge in [0.15, 0.2) is 0 Å². The van der Waals surface area contributed by atoms with Crippen LogP contribution in [0.25, 0.3) is 0 Å². The summed E-state index contributed by atoms with van der Waals surface area (Å²) in [6.07, 6.45) is 0. The fraction of sp³-hybridized carbons (Fsp3) is 0.316. The van der Waals surface area contributed by atoms with Gasteiger partial charge in [-0.3, -0.25) is 19.4 Å². The third kappa shape index (κ3) is 7.70. The van der Waals surface area contributed by atoms with Gasteiger partial charge in [-0.05, 0) is 36.1 Å². The van der Waals surface area contributed by atoms with E-state index >= 15 is 0 Å². The molecule has 216 valence electrons. The summed E-state index contributed by atoms with van der Waals surface area (Å²) in [5, 5.41) is 0. The van der Waals surface area contributed by atoms with E-state index in [0.717, 1.165) is 39.3 Å². The van der Waals surface area contributed by atoms with Gasteiger partial charge in [0.1, 0.15) is 11.6 Å². The van der Waals surface area contributed by atoms with Crippen LogP contribution in [-0.2, 0) is 22.7 Å². The maximum absolute atomic E-state index is 12.0. The van der Waals surface area contributed by atoms with E-state index in [-0.39, 0.29) is 11.8 Å². The van der Waals surface area contributed by atoms with Gasteiger partial charge in [-0.1, -0.05) is 121 Å². The molecule has 0 spiro atoms. The van der Waals surface area contributed by atoms with Gasteiger partial charge in [-0.2, -0.15) is 0 Å². The summed E-state index contributed by atoms with van der Waals surface area (Å²) in [5.41, 5.74) is 5.20. The van der Waals surface area contributed by atoms with Gasteiger partial charge >= 0.3 is 0 Å². The average molecular weight is 559 g/mol. The lowest BCUT2D eigenvalue weighted by atomic mass is 9.87. The minimum absolute atomic E-state index is 0.121. The number of carbonyl (C=O) groups is 2. The molecule has 0 N–H and O–H groups in total. The number of hydrogen-bond acceptors (Lipinski definition) is 4. The Morgan fingerprint density at radius 2 is 0.810 bits per heavy atom. The summed E-state index contributed by atoms with van der Waals surface area (Å²) in [6, 6.07) is 41.9. The molecule has 4 aromatic rings. The first kappa shape index (κ1) is 29.6. The molecule has 0 bridgehead atoms. The SMILES string of the molecule is CC(=O)[C@@H]1CN(Cc2ccccc2)C[C@H]1c1ccccc1.CC(=O)[C@H]1CN(Cc2ccccc2)C[C@@H]1c1ccccc1. The van der Waals surface area contributed by atoms with Crippen LogP contribution in [0.5, 0.6) is 0 Å². The number of carbonyl (C=O) groups excluding carboxylic acids is 2. The highest BCUT2D eigenvalue weighted by atomic mass is 16.1. The van der Waals surface area contributed by atoms with E-state index in [2.05, 4.69) is 107 Å². The first-order valence-electron chi connectivity index (χ1n) is 15.1. The number of rotatable bonds is 8. The summed E-state index contributed by atoms with van der Waals surface area (Å²) in [5.74, 6) is 1.51. The van der Waals surface area contributed by atoms with Crippen molar-refractivity contribution >= 4 is 11.6 Å². The largest absolute Gasteiger partial charge is 0.300 e. The molecule has 6 rings (SSSR count). The Morgan fingerprint density at radius 3 is 1.12 bits per heavy atom. The number of nitrogens with zero attached hydrogens (tertiary/aromatic N) is 2. The van der Waals surface area contributed by atoms with E-state index in [1.165, 1.54) is 22.3 Å². The summed E-state index contributed by atoms with van der Waals surface area (Å²) < 4.78 is 0. The fourth-order valence-electron chi connectivity index (χ4n) is 6.61. The van der Waals surface area contributed by atoms with Crippen molar-refractivity contribution < 1.29 is 9.59 Å². The van der Waals surface area contributed by atoms with Crippen LogP contribution in [0.4, 0.5) is 0 Å². The predicted molar refractivity (Wildman–Crippen MR) is 170 cm³/mol. The Kier molecular flexibility index (Phi) is 10.1. The fourth-order valence-corrected chi connectivity index (χ4v) is 6.61. The minimum atomic E-state index is 0.121. The topological polar surface area (TPSA) is 40.6 Å². The van der Waals surface area contributed by atoms with Gasteiger partial charge in [0.25, 0.3) is 0 Å². The zero-order chi connectivity index (χ0) is 29.3. The number of benzene rings is 4. The van der Waals surface area contributed by atoms with Crippen molar-refractivity contribution in [1.82, 2.24) is 9.80 Å². The maximum atomic E-state index is 12.0. The molecule has 2 aliphatic heterocycles. The molecule has 2 heterocycles. The molecule has 4 aromatic carbocycles. The van der Waals surface area contributed by atoms with Crippen molar-refractivity contribution in [2.24, 2.45) is 11.8 Å². The molecule has 2 fully saturated rings. The second-order valence-electron chi connectivity index (χ2n) is 11.8. The molecular weight excluding hydrogens is 516 g/mol. The Labute approximate surface area is 251 Å². The molecule has 0 aromatic heterocycles. The van der Waals surface area contributed by atoms with Crippen LogP contribution in [0.15, 0.2) is 121 Å². The van der Waals surface area contributed by atoms with Crippen LogP contribution in [0.3, 0.4) is 0 Å². The van der Waals surface area contributed by atoms with Gasteiger partial charge in [-0.15, -0.1) is 0 Å².